The minimum absolute atomic E-state index is 0.130. The van der Waals surface area contributed by atoms with Gasteiger partial charge in [0.25, 0.3) is 11.8 Å². The predicted octanol–water partition coefficient (Wildman–Crippen LogP) is 4.95. The molecule has 0 bridgehead atoms. The molecule has 0 spiro atoms. The van der Waals surface area contributed by atoms with E-state index in [1.807, 2.05) is 0 Å². The van der Waals surface area contributed by atoms with E-state index < -0.39 is 24.6 Å². The van der Waals surface area contributed by atoms with Gasteiger partial charge in [-0.05, 0) is 54.7 Å². The number of nitrogens with one attached hydrogen (secondary N) is 3. The van der Waals surface area contributed by atoms with Crippen molar-refractivity contribution < 1.29 is 32.3 Å². The molecule has 1 aliphatic rings. The third-order valence-corrected chi connectivity index (χ3v) is 5.72. The van der Waals surface area contributed by atoms with Gasteiger partial charge < -0.3 is 20.7 Å². The number of hydrogen-bond donors (Lipinski definition) is 3. The van der Waals surface area contributed by atoms with Crippen molar-refractivity contribution in [3.63, 3.8) is 0 Å². The number of carbonyl (C=O) groups is 3. The number of anilines is 1. The van der Waals surface area contributed by atoms with Crippen LogP contribution in [-0.4, -0.2) is 37.0 Å². The van der Waals surface area contributed by atoms with Crippen LogP contribution in [0.1, 0.15) is 53.0 Å². The second kappa shape index (κ2) is 11.6. The quantitative estimate of drug-likeness (QED) is 0.409. The van der Waals surface area contributed by atoms with Gasteiger partial charge in [-0.25, -0.2) is 0 Å². The SMILES string of the molecule is CC(C)C(=O)NCc1ccc(Cl)c(C(=O)Nc2ccc(OCC(F)(F)F)c(C(=O)NCC3CC3)c2)c1. The lowest BCUT2D eigenvalue weighted by Gasteiger charge is -2.15. The van der Waals surface area contributed by atoms with Gasteiger partial charge in [0.1, 0.15) is 5.75 Å². The molecule has 11 heteroatoms. The van der Waals surface area contributed by atoms with E-state index in [0.29, 0.717) is 18.0 Å². The number of rotatable bonds is 10. The van der Waals surface area contributed by atoms with E-state index in [0.717, 1.165) is 12.8 Å². The zero-order valence-corrected chi connectivity index (χ0v) is 20.6. The van der Waals surface area contributed by atoms with Crippen molar-refractivity contribution >= 4 is 35.0 Å². The van der Waals surface area contributed by atoms with Crippen molar-refractivity contribution in [3.05, 3.63) is 58.1 Å². The van der Waals surface area contributed by atoms with Crippen LogP contribution in [-0.2, 0) is 11.3 Å². The Morgan fingerprint density at radius 1 is 1.03 bits per heavy atom. The Balaban J connectivity index is 1.77. The fraction of sp³-hybridized carbons (Fsp3) is 0.400. The van der Waals surface area contributed by atoms with E-state index in [1.54, 1.807) is 19.9 Å². The van der Waals surface area contributed by atoms with Crippen LogP contribution >= 0.6 is 11.6 Å². The summed E-state index contributed by atoms with van der Waals surface area (Å²) >= 11 is 6.20. The molecule has 0 unspecified atom stereocenters. The molecular weight excluding hydrogens is 499 g/mol. The number of ether oxygens (including phenoxy) is 1. The van der Waals surface area contributed by atoms with E-state index in [-0.39, 0.29) is 46.0 Å². The molecule has 3 amide bonds. The fourth-order valence-electron chi connectivity index (χ4n) is 3.17. The minimum Gasteiger partial charge on any atom is -0.483 e. The molecule has 194 valence electrons. The van der Waals surface area contributed by atoms with Crippen molar-refractivity contribution in [3.8, 4) is 5.75 Å². The molecular formula is C25H27ClF3N3O4. The van der Waals surface area contributed by atoms with E-state index in [2.05, 4.69) is 16.0 Å². The summed E-state index contributed by atoms with van der Waals surface area (Å²) in [4.78, 5) is 37.4. The summed E-state index contributed by atoms with van der Waals surface area (Å²) in [6.07, 6.45) is -2.62. The Labute approximate surface area is 211 Å². The summed E-state index contributed by atoms with van der Waals surface area (Å²) in [5.74, 6) is -1.42. The van der Waals surface area contributed by atoms with Gasteiger partial charge in [-0.15, -0.1) is 0 Å². The second-order valence-electron chi connectivity index (χ2n) is 8.91. The average molecular weight is 526 g/mol. The van der Waals surface area contributed by atoms with Gasteiger partial charge in [0.15, 0.2) is 6.61 Å². The second-order valence-corrected chi connectivity index (χ2v) is 9.32. The van der Waals surface area contributed by atoms with Gasteiger partial charge in [-0.1, -0.05) is 31.5 Å². The molecule has 0 atom stereocenters. The van der Waals surface area contributed by atoms with Gasteiger partial charge in [-0.2, -0.15) is 13.2 Å². The summed E-state index contributed by atoms with van der Waals surface area (Å²) in [5.41, 5.74) is 0.819. The number of hydrogen-bond acceptors (Lipinski definition) is 4. The van der Waals surface area contributed by atoms with Crippen molar-refractivity contribution in [1.82, 2.24) is 10.6 Å². The number of amides is 3. The van der Waals surface area contributed by atoms with Gasteiger partial charge in [0.05, 0.1) is 16.1 Å². The van der Waals surface area contributed by atoms with Crippen LogP contribution in [0.5, 0.6) is 5.75 Å². The standard InChI is InChI=1S/C25H27ClF3N3O4/c1-14(2)22(33)30-12-16-5-7-20(26)18(9-16)24(35)32-17-6-8-21(36-13-25(27,28)29)19(10-17)23(34)31-11-15-3-4-15/h5-10,14-15H,3-4,11-13H2,1-2H3,(H,30,33)(H,31,34)(H,32,35). The van der Waals surface area contributed by atoms with Crippen LogP contribution in [0, 0.1) is 11.8 Å². The summed E-state index contributed by atoms with van der Waals surface area (Å²) in [6.45, 7) is 2.57. The molecule has 1 fully saturated rings. The maximum absolute atomic E-state index is 12.9. The highest BCUT2D eigenvalue weighted by Crippen LogP contribution is 2.29. The van der Waals surface area contributed by atoms with Crippen LogP contribution in [0.4, 0.5) is 18.9 Å². The third-order valence-electron chi connectivity index (χ3n) is 5.39. The number of benzene rings is 2. The van der Waals surface area contributed by atoms with Crippen LogP contribution in [0.15, 0.2) is 36.4 Å². The Morgan fingerprint density at radius 2 is 1.75 bits per heavy atom. The summed E-state index contributed by atoms with van der Waals surface area (Å²) in [5, 5.41) is 8.22. The fourth-order valence-corrected chi connectivity index (χ4v) is 3.38. The van der Waals surface area contributed by atoms with E-state index in [1.165, 1.54) is 30.3 Å². The molecule has 0 saturated heterocycles. The average Bonchev–Trinajstić information content (AvgIpc) is 3.64. The van der Waals surface area contributed by atoms with Gasteiger partial charge >= 0.3 is 6.18 Å². The first kappa shape index (κ1) is 27.3. The van der Waals surface area contributed by atoms with Gasteiger partial charge in [0, 0.05) is 24.7 Å². The Morgan fingerprint density at radius 3 is 2.39 bits per heavy atom. The van der Waals surface area contributed by atoms with Crippen molar-refractivity contribution in [2.24, 2.45) is 11.8 Å². The molecule has 36 heavy (non-hydrogen) atoms. The highest BCUT2D eigenvalue weighted by molar-refractivity contribution is 6.34. The predicted molar refractivity (Wildman–Crippen MR) is 129 cm³/mol. The number of halogens is 4. The molecule has 3 N–H and O–H groups in total. The summed E-state index contributed by atoms with van der Waals surface area (Å²) in [7, 11) is 0. The molecule has 3 rings (SSSR count). The first-order valence-corrected chi connectivity index (χ1v) is 11.8. The first-order chi connectivity index (χ1) is 16.9. The summed E-state index contributed by atoms with van der Waals surface area (Å²) in [6, 6.07) is 8.52. The molecule has 0 heterocycles. The van der Waals surface area contributed by atoms with Gasteiger partial charge in [-0.3, -0.25) is 14.4 Å². The van der Waals surface area contributed by atoms with Crippen LogP contribution in [0.2, 0.25) is 5.02 Å². The lowest BCUT2D eigenvalue weighted by Crippen LogP contribution is -2.27. The zero-order valence-electron chi connectivity index (χ0n) is 19.8. The molecule has 2 aromatic carbocycles. The maximum atomic E-state index is 12.9. The van der Waals surface area contributed by atoms with Crippen LogP contribution in [0.25, 0.3) is 0 Å². The highest BCUT2D eigenvalue weighted by Gasteiger charge is 2.30. The van der Waals surface area contributed by atoms with E-state index >= 15 is 0 Å². The molecule has 7 nitrogen and oxygen atoms in total. The third kappa shape index (κ3) is 8.15. The smallest absolute Gasteiger partial charge is 0.422 e. The van der Waals surface area contributed by atoms with Crippen LogP contribution < -0.4 is 20.7 Å². The van der Waals surface area contributed by atoms with Crippen molar-refractivity contribution in [2.45, 2.75) is 39.4 Å². The number of carbonyl (C=O) groups excluding carboxylic acids is 3. The van der Waals surface area contributed by atoms with E-state index in [4.69, 9.17) is 16.3 Å². The largest absolute Gasteiger partial charge is 0.483 e. The summed E-state index contributed by atoms with van der Waals surface area (Å²) < 4.78 is 42.8. The number of alkyl halides is 3. The van der Waals surface area contributed by atoms with E-state index in [9.17, 15) is 27.6 Å². The zero-order chi connectivity index (χ0) is 26.5. The molecule has 0 aliphatic heterocycles. The minimum atomic E-state index is -4.58. The molecule has 1 aliphatic carbocycles. The first-order valence-electron chi connectivity index (χ1n) is 11.4. The maximum Gasteiger partial charge on any atom is 0.422 e. The lowest BCUT2D eigenvalue weighted by atomic mass is 10.1. The topological polar surface area (TPSA) is 96.5 Å². The monoisotopic (exact) mass is 525 g/mol. The van der Waals surface area contributed by atoms with Crippen molar-refractivity contribution in [1.29, 1.82) is 0 Å². The molecule has 1 saturated carbocycles. The molecule has 0 radical (unpaired) electrons. The Bertz CT molecular complexity index is 1130. The van der Waals surface area contributed by atoms with Crippen LogP contribution in [0.3, 0.4) is 0 Å². The lowest BCUT2D eigenvalue weighted by molar-refractivity contribution is -0.153. The van der Waals surface area contributed by atoms with Crippen molar-refractivity contribution in [2.75, 3.05) is 18.5 Å². The molecule has 0 aromatic heterocycles. The van der Waals surface area contributed by atoms with Gasteiger partial charge in [0.2, 0.25) is 5.91 Å². The Hall–Kier alpha value is -3.27. The highest BCUT2D eigenvalue weighted by atomic mass is 35.5. The normalized spacial score (nSPS) is 13.3. The molecule has 2 aromatic rings. The Kier molecular flexibility index (Phi) is 8.84.